The molecule has 0 aliphatic carbocycles. The number of hydrogen-bond acceptors (Lipinski definition) is 6. The number of rotatable bonds is 6. The number of ether oxygens (including phenoxy) is 2. The number of alkyl halides is 3. The van der Waals surface area contributed by atoms with Gasteiger partial charge < -0.3 is 19.9 Å². The van der Waals surface area contributed by atoms with Gasteiger partial charge in [-0.05, 0) is 30.9 Å². The fourth-order valence-corrected chi connectivity index (χ4v) is 4.89. The minimum atomic E-state index is -4.67. The van der Waals surface area contributed by atoms with Crippen molar-refractivity contribution in [3.05, 3.63) is 53.6 Å². The number of likely N-dealkylation sites (tertiary alicyclic amines) is 1. The maximum absolute atomic E-state index is 13.6. The number of carboxylic acid groups (broad SMARTS) is 1. The third-order valence-electron chi connectivity index (χ3n) is 6.26. The number of nitrogens with zero attached hydrogens (tertiary/aromatic N) is 2. The van der Waals surface area contributed by atoms with Gasteiger partial charge in [0.2, 0.25) is 5.88 Å². The highest BCUT2D eigenvalue weighted by Crippen LogP contribution is 2.49. The zero-order valence-electron chi connectivity index (χ0n) is 21.5. The van der Waals surface area contributed by atoms with Gasteiger partial charge in [0.25, 0.3) is 0 Å². The number of carbonyl (C=O) groups is 2. The minimum Gasteiger partial charge on any atom is -0.481 e. The first-order chi connectivity index (χ1) is 17.1. The number of halogens is 3. The Kier molecular flexibility index (Phi) is 7.94. The summed E-state index contributed by atoms with van der Waals surface area (Å²) in [6.45, 7) is 8.76. The zero-order valence-corrected chi connectivity index (χ0v) is 21.5. The van der Waals surface area contributed by atoms with E-state index < -0.39 is 59.4 Å². The summed E-state index contributed by atoms with van der Waals surface area (Å²) in [6.07, 6.45) is -6.02. The molecule has 1 aromatic carbocycles. The van der Waals surface area contributed by atoms with E-state index in [4.69, 9.17) is 9.47 Å². The lowest BCUT2D eigenvalue weighted by atomic mass is 9.72. The van der Waals surface area contributed by atoms with Crippen LogP contribution in [-0.2, 0) is 15.7 Å². The molecule has 11 heteroatoms. The molecule has 0 unspecified atom stereocenters. The third kappa shape index (κ3) is 6.08. The Morgan fingerprint density at radius 3 is 2.22 bits per heavy atom. The topological polar surface area (TPSA) is 101 Å². The number of hydrogen-bond donors (Lipinski definition) is 2. The van der Waals surface area contributed by atoms with Crippen molar-refractivity contribution in [2.45, 2.75) is 65.0 Å². The molecule has 1 fully saturated rings. The van der Waals surface area contributed by atoms with Crippen molar-refractivity contribution in [3.8, 4) is 5.88 Å². The number of nitrogens with one attached hydrogen (secondary N) is 1. The van der Waals surface area contributed by atoms with Crippen LogP contribution in [0.25, 0.3) is 0 Å². The quantitative estimate of drug-likeness (QED) is 0.508. The highest BCUT2D eigenvalue weighted by Gasteiger charge is 2.59. The molecule has 0 radical (unpaired) electrons. The van der Waals surface area contributed by atoms with Crippen LogP contribution >= 0.6 is 0 Å². The van der Waals surface area contributed by atoms with Gasteiger partial charge in [-0.3, -0.25) is 4.90 Å². The number of anilines is 1. The summed E-state index contributed by atoms with van der Waals surface area (Å²) in [5.41, 5.74) is -1.08. The lowest BCUT2D eigenvalue weighted by Gasteiger charge is -2.35. The van der Waals surface area contributed by atoms with Gasteiger partial charge in [0.1, 0.15) is 11.9 Å². The summed E-state index contributed by atoms with van der Waals surface area (Å²) in [4.78, 5) is 31.3. The normalized spacial score (nSPS) is 22.2. The Morgan fingerprint density at radius 2 is 1.73 bits per heavy atom. The first-order valence-electron chi connectivity index (χ1n) is 11.8. The molecule has 2 aromatic rings. The molecule has 1 aliphatic rings. The standard InChI is InChI=1S/C26H32F3N3O5/c1-14(2)37-24(35)32-21(15-10-8-7-9-11-15)20(19(25(3,4)5)22(32)23(33)34)31-17-12-16(26(27,28)29)13-18(30-17)36-6/h7-14,19-22H,1-6H3,(H,30,31)(H,33,34)/t19-,20-,21-,22-/m1/s1. The lowest BCUT2D eigenvalue weighted by Crippen LogP contribution is -2.47. The summed E-state index contributed by atoms with van der Waals surface area (Å²) >= 11 is 0. The summed E-state index contributed by atoms with van der Waals surface area (Å²) in [7, 11) is 1.21. The molecular weight excluding hydrogens is 491 g/mol. The summed E-state index contributed by atoms with van der Waals surface area (Å²) in [5.74, 6) is -2.42. The van der Waals surface area contributed by atoms with Crippen molar-refractivity contribution in [2.75, 3.05) is 12.4 Å². The molecule has 202 valence electrons. The van der Waals surface area contributed by atoms with Crippen molar-refractivity contribution < 1.29 is 37.3 Å². The predicted octanol–water partition coefficient (Wildman–Crippen LogP) is 5.61. The first kappa shape index (κ1) is 28.1. The number of aromatic nitrogens is 1. The van der Waals surface area contributed by atoms with Crippen LogP contribution in [0.4, 0.5) is 23.8 Å². The van der Waals surface area contributed by atoms with Gasteiger partial charge in [0, 0.05) is 12.0 Å². The van der Waals surface area contributed by atoms with E-state index in [1.807, 2.05) is 20.8 Å². The molecule has 3 rings (SSSR count). The fourth-order valence-electron chi connectivity index (χ4n) is 4.89. The monoisotopic (exact) mass is 523 g/mol. The molecule has 4 atom stereocenters. The molecule has 2 heterocycles. The molecule has 8 nitrogen and oxygen atoms in total. The third-order valence-corrected chi connectivity index (χ3v) is 6.26. The lowest BCUT2D eigenvalue weighted by molar-refractivity contribution is -0.144. The van der Waals surface area contributed by atoms with Crippen molar-refractivity contribution in [1.29, 1.82) is 0 Å². The van der Waals surface area contributed by atoms with Crippen molar-refractivity contribution in [3.63, 3.8) is 0 Å². The van der Waals surface area contributed by atoms with Gasteiger partial charge in [-0.1, -0.05) is 51.1 Å². The number of methoxy groups -OCH3 is 1. The number of aliphatic carboxylic acids is 1. The van der Waals surface area contributed by atoms with Crippen molar-refractivity contribution in [2.24, 2.45) is 11.3 Å². The Labute approximate surface area is 213 Å². The van der Waals surface area contributed by atoms with Gasteiger partial charge in [-0.25, -0.2) is 9.59 Å². The summed E-state index contributed by atoms with van der Waals surface area (Å²) in [5, 5.41) is 13.4. The van der Waals surface area contributed by atoms with E-state index in [-0.39, 0.29) is 11.7 Å². The van der Waals surface area contributed by atoms with E-state index in [0.29, 0.717) is 5.56 Å². The molecular formula is C26H32F3N3O5. The Hall–Kier alpha value is -3.50. The van der Waals surface area contributed by atoms with Crippen LogP contribution in [0.15, 0.2) is 42.5 Å². The smallest absolute Gasteiger partial charge is 0.416 e. The van der Waals surface area contributed by atoms with E-state index in [1.54, 1.807) is 44.2 Å². The van der Waals surface area contributed by atoms with Crippen LogP contribution in [0.2, 0.25) is 0 Å². The number of carbonyl (C=O) groups excluding carboxylic acids is 1. The molecule has 0 bridgehead atoms. The first-order valence-corrected chi connectivity index (χ1v) is 11.8. The summed E-state index contributed by atoms with van der Waals surface area (Å²) < 4.78 is 51.2. The number of carboxylic acids is 1. The van der Waals surface area contributed by atoms with Crippen LogP contribution < -0.4 is 10.1 Å². The second-order valence-electron chi connectivity index (χ2n) is 10.3. The number of benzene rings is 1. The van der Waals surface area contributed by atoms with E-state index in [0.717, 1.165) is 12.1 Å². The second kappa shape index (κ2) is 10.5. The molecule has 0 saturated carbocycles. The highest BCUT2D eigenvalue weighted by atomic mass is 19.4. The Balaban J connectivity index is 2.24. The molecule has 0 spiro atoms. The van der Waals surface area contributed by atoms with E-state index in [9.17, 15) is 27.9 Å². The van der Waals surface area contributed by atoms with E-state index in [1.165, 1.54) is 12.0 Å². The maximum atomic E-state index is 13.6. The number of amides is 1. The molecule has 1 aromatic heterocycles. The predicted molar refractivity (Wildman–Crippen MR) is 130 cm³/mol. The fraction of sp³-hybridized carbons (Fsp3) is 0.500. The Bertz CT molecular complexity index is 1120. The van der Waals surface area contributed by atoms with Crippen LogP contribution in [-0.4, -0.2) is 52.4 Å². The average Bonchev–Trinajstić information content (AvgIpc) is 3.14. The highest BCUT2D eigenvalue weighted by molar-refractivity contribution is 5.82. The molecule has 1 amide bonds. The van der Waals surface area contributed by atoms with Crippen LogP contribution in [0, 0.1) is 11.3 Å². The molecule has 1 saturated heterocycles. The minimum absolute atomic E-state index is 0.157. The van der Waals surface area contributed by atoms with E-state index >= 15 is 0 Å². The van der Waals surface area contributed by atoms with Crippen molar-refractivity contribution >= 4 is 17.9 Å². The van der Waals surface area contributed by atoms with Crippen LogP contribution in [0.3, 0.4) is 0 Å². The summed E-state index contributed by atoms with van der Waals surface area (Å²) in [6, 6.07) is 7.28. The Morgan fingerprint density at radius 1 is 1.11 bits per heavy atom. The largest absolute Gasteiger partial charge is 0.481 e. The average molecular weight is 524 g/mol. The second-order valence-corrected chi connectivity index (χ2v) is 10.3. The van der Waals surface area contributed by atoms with Gasteiger partial charge in [-0.2, -0.15) is 18.2 Å². The molecule has 1 aliphatic heterocycles. The van der Waals surface area contributed by atoms with E-state index in [2.05, 4.69) is 10.3 Å². The van der Waals surface area contributed by atoms with Gasteiger partial charge in [0.05, 0.1) is 30.9 Å². The van der Waals surface area contributed by atoms with Gasteiger partial charge in [0.15, 0.2) is 0 Å². The number of pyridine rings is 1. The van der Waals surface area contributed by atoms with Gasteiger partial charge in [-0.15, -0.1) is 0 Å². The van der Waals surface area contributed by atoms with Crippen molar-refractivity contribution in [1.82, 2.24) is 9.88 Å². The maximum Gasteiger partial charge on any atom is 0.416 e. The van der Waals surface area contributed by atoms with Crippen LogP contribution in [0.5, 0.6) is 5.88 Å². The molecule has 37 heavy (non-hydrogen) atoms. The zero-order chi connectivity index (χ0) is 27.7. The van der Waals surface area contributed by atoms with Gasteiger partial charge >= 0.3 is 18.2 Å². The SMILES string of the molecule is COc1cc(C(F)(F)F)cc(N[C@@H]2[C@@H](C(C)(C)C)[C@H](C(=O)O)N(C(=O)OC(C)C)[C@@H]2c2ccccc2)n1. The molecule has 2 N–H and O–H groups in total. The van der Waals surface area contributed by atoms with Crippen LogP contribution in [0.1, 0.15) is 51.8 Å².